The number of nitrogens with zero attached hydrogens (tertiary/aromatic N) is 1. The molecular formula is C36H74Cl4N2O2. The zero-order valence-corrected chi connectivity index (χ0v) is 33.3. The molecule has 268 valence electrons. The molecule has 8 heteroatoms. The van der Waals surface area contributed by atoms with Gasteiger partial charge in [0.1, 0.15) is 5.88 Å². The second-order valence-electron chi connectivity index (χ2n) is 12.2. The van der Waals surface area contributed by atoms with Gasteiger partial charge in [-0.3, -0.25) is 9.59 Å². The maximum atomic E-state index is 12.2. The molecule has 0 heterocycles. The number of hydrogen-bond acceptors (Lipinski definition) is 3. The Balaban J connectivity index is -0.000000313. The van der Waals surface area contributed by atoms with Gasteiger partial charge in [0.05, 0.1) is 5.88 Å². The van der Waals surface area contributed by atoms with Crippen molar-refractivity contribution in [2.75, 3.05) is 37.9 Å². The summed E-state index contributed by atoms with van der Waals surface area (Å²) < 4.78 is 0. The minimum atomic E-state index is -0.508. The molecule has 0 aromatic rings. The Labute approximate surface area is 296 Å². The van der Waals surface area contributed by atoms with E-state index >= 15 is 0 Å². The van der Waals surface area contributed by atoms with E-state index in [0.29, 0.717) is 11.8 Å². The van der Waals surface area contributed by atoms with Gasteiger partial charge < -0.3 is 10.2 Å². The van der Waals surface area contributed by atoms with Crippen LogP contribution in [0.1, 0.15) is 158 Å². The van der Waals surface area contributed by atoms with Gasteiger partial charge in [-0.1, -0.05) is 132 Å². The first-order valence-electron chi connectivity index (χ1n) is 18.0. The van der Waals surface area contributed by atoms with E-state index in [1.807, 2.05) is 4.90 Å². The summed E-state index contributed by atoms with van der Waals surface area (Å²) in [6.07, 6.45) is 20.7. The summed E-state index contributed by atoms with van der Waals surface area (Å²) in [7, 11) is 0. The van der Waals surface area contributed by atoms with Crippen molar-refractivity contribution in [1.29, 1.82) is 0 Å². The summed E-state index contributed by atoms with van der Waals surface area (Å²) in [5, 5.41) is 3.20. The molecule has 0 fully saturated rings. The van der Waals surface area contributed by atoms with Crippen LogP contribution >= 0.6 is 47.2 Å². The molecule has 4 unspecified atom stereocenters. The van der Waals surface area contributed by atoms with Crippen molar-refractivity contribution in [2.45, 2.75) is 158 Å². The van der Waals surface area contributed by atoms with E-state index in [1.54, 1.807) is 0 Å². The van der Waals surface area contributed by atoms with E-state index in [2.05, 4.69) is 60.7 Å². The standard InChI is InChI=1S/C18H36ClNO.C16H35N.C2H2Cl2O.ClH/c1-5-9-11-16(7-3)14-20(18(21)13-19)15-17(8-4)12-10-6-2;1-5-9-11-15(7-3)13-17-14-16(8-4)12-10-6-2;3-1-2(4)5;/h16-17H,5-15H2,1-4H3;15-17H,5-14H2,1-4H3;1H2;1H. The Morgan fingerprint density at radius 1 is 0.568 bits per heavy atom. The summed E-state index contributed by atoms with van der Waals surface area (Å²) in [5.74, 6) is 3.19. The topological polar surface area (TPSA) is 49.4 Å². The second-order valence-corrected chi connectivity index (χ2v) is 13.2. The molecule has 0 radical (unpaired) electrons. The van der Waals surface area contributed by atoms with Crippen LogP contribution in [0.15, 0.2) is 0 Å². The number of rotatable bonds is 26. The third kappa shape index (κ3) is 33.6. The maximum absolute atomic E-state index is 12.2. The fourth-order valence-electron chi connectivity index (χ4n) is 5.20. The van der Waals surface area contributed by atoms with Crippen LogP contribution in [0.2, 0.25) is 0 Å². The Kier molecular flexibility index (Phi) is 45.8. The van der Waals surface area contributed by atoms with Gasteiger partial charge in [-0.25, -0.2) is 0 Å². The first-order chi connectivity index (χ1) is 20.7. The normalized spacial score (nSPS) is 13.2. The molecule has 0 aliphatic rings. The SMILES string of the molecule is CCCCC(CC)CN(CC(CC)CCCC)C(=O)CCl.CCCCC(CC)CNCC(CC)CCCC.Cl.O=C(Cl)CCl. The average Bonchev–Trinajstić information content (AvgIpc) is 3.03. The van der Waals surface area contributed by atoms with Crippen molar-refractivity contribution in [1.82, 2.24) is 10.2 Å². The van der Waals surface area contributed by atoms with Crippen LogP contribution in [0.25, 0.3) is 0 Å². The third-order valence-electron chi connectivity index (χ3n) is 8.57. The second kappa shape index (κ2) is 39.4. The smallest absolute Gasteiger partial charge is 0.237 e. The number of unbranched alkanes of at least 4 members (excludes halogenated alkanes) is 4. The van der Waals surface area contributed by atoms with Crippen LogP contribution < -0.4 is 5.32 Å². The van der Waals surface area contributed by atoms with E-state index in [-0.39, 0.29) is 30.1 Å². The van der Waals surface area contributed by atoms with Gasteiger partial charge in [-0.15, -0.1) is 35.6 Å². The van der Waals surface area contributed by atoms with Crippen LogP contribution in [-0.4, -0.2) is 54.0 Å². The Bertz CT molecular complexity index is 564. The molecule has 0 rings (SSSR count). The molecule has 0 aromatic carbocycles. The first-order valence-corrected chi connectivity index (χ1v) is 19.4. The number of alkyl halides is 2. The van der Waals surface area contributed by atoms with E-state index in [0.717, 1.165) is 37.8 Å². The van der Waals surface area contributed by atoms with E-state index in [1.165, 1.54) is 103 Å². The highest BCUT2D eigenvalue weighted by molar-refractivity contribution is 6.67. The molecule has 1 N–H and O–H groups in total. The van der Waals surface area contributed by atoms with Gasteiger partial charge >= 0.3 is 0 Å². The zero-order valence-electron chi connectivity index (χ0n) is 30.2. The van der Waals surface area contributed by atoms with Gasteiger partial charge in [0.25, 0.3) is 0 Å². The summed E-state index contributed by atoms with van der Waals surface area (Å²) in [4.78, 5) is 23.6. The molecule has 0 aliphatic carbocycles. The summed E-state index contributed by atoms with van der Waals surface area (Å²) in [5.41, 5.74) is 0. The lowest BCUT2D eigenvalue weighted by atomic mass is 9.95. The Morgan fingerprint density at radius 3 is 1.09 bits per heavy atom. The fourth-order valence-corrected chi connectivity index (χ4v) is 5.37. The molecule has 4 atom stereocenters. The van der Waals surface area contributed by atoms with Gasteiger partial charge in [0.15, 0.2) is 0 Å². The predicted molar refractivity (Wildman–Crippen MR) is 202 cm³/mol. The number of halogens is 4. The van der Waals surface area contributed by atoms with E-state index in [4.69, 9.17) is 34.8 Å². The molecule has 0 aromatic heterocycles. The van der Waals surface area contributed by atoms with Crippen LogP contribution in [0.3, 0.4) is 0 Å². The maximum Gasteiger partial charge on any atom is 0.237 e. The minimum Gasteiger partial charge on any atom is -0.341 e. The summed E-state index contributed by atoms with van der Waals surface area (Å²) in [6.45, 7) is 22.4. The average molecular weight is 709 g/mol. The van der Waals surface area contributed by atoms with Crippen LogP contribution in [0, 0.1) is 23.7 Å². The molecule has 1 amide bonds. The molecule has 0 bridgehead atoms. The Morgan fingerprint density at radius 2 is 0.864 bits per heavy atom. The number of carbonyl (C=O) groups excluding carboxylic acids is 2. The van der Waals surface area contributed by atoms with Crippen LogP contribution in [-0.2, 0) is 9.59 Å². The summed E-state index contributed by atoms with van der Waals surface area (Å²) >= 11 is 15.4. The van der Waals surface area contributed by atoms with Crippen molar-refractivity contribution in [3.05, 3.63) is 0 Å². The van der Waals surface area contributed by atoms with Gasteiger partial charge in [0, 0.05) is 13.1 Å². The quantitative estimate of drug-likeness (QED) is 0.0719. The molecular weight excluding hydrogens is 634 g/mol. The largest absolute Gasteiger partial charge is 0.341 e. The van der Waals surface area contributed by atoms with Crippen molar-refractivity contribution in [3.63, 3.8) is 0 Å². The van der Waals surface area contributed by atoms with Gasteiger partial charge in [-0.2, -0.15) is 0 Å². The van der Waals surface area contributed by atoms with Gasteiger partial charge in [0.2, 0.25) is 11.1 Å². The lowest BCUT2D eigenvalue weighted by Crippen LogP contribution is -2.39. The van der Waals surface area contributed by atoms with Gasteiger partial charge in [-0.05, 0) is 74.0 Å². The number of carbonyl (C=O) groups is 2. The summed E-state index contributed by atoms with van der Waals surface area (Å²) in [6, 6.07) is 0. The number of nitrogens with one attached hydrogen (secondary N) is 1. The molecule has 0 saturated heterocycles. The van der Waals surface area contributed by atoms with Crippen molar-refractivity contribution < 1.29 is 9.59 Å². The van der Waals surface area contributed by atoms with E-state index in [9.17, 15) is 9.59 Å². The zero-order chi connectivity index (χ0) is 33.3. The number of hydrogen-bond donors (Lipinski definition) is 1. The molecule has 0 aliphatic heterocycles. The van der Waals surface area contributed by atoms with Crippen LogP contribution in [0.4, 0.5) is 0 Å². The first kappa shape index (κ1) is 51.1. The highest BCUT2D eigenvalue weighted by Crippen LogP contribution is 2.19. The van der Waals surface area contributed by atoms with Crippen molar-refractivity contribution >= 4 is 58.4 Å². The molecule has 0 spiro atoms. The van der Waals surface area contributed by atoms with Crippen LogP contribution in [0.5, 0.6) is 0 Å². The molecule has 44 heavy (non-hydrogen) atoms. The highest BCUT2D eigenvalue weighted by Gasteiger charge is 2.20. The minimum absolute atomic E-state index is 0. The monoisotopic (exact) mass is 706 g/mol. The van der Waals surface area contributed by atoms with Crippen molar-refractivity contribution in [2.24, 2.45) is 23.7 Å². The molecule has 0 saturated carbocycles. The molecule has 4 nitrogen and oxygen atoms in total. The Hall–Kier alpha value is 0.260. The number of amides is 1. The lowest BCUT2D eigenvalue weighted by Gasteiger charge is -2.30. The predicted octanol–water partition coefficient (Wildman–Crippen LogP) is 11.9. The third-order valence-corrected chi connectivity index (χ3v) is 9.31. The highest BCUT2D eigenvalue weighted by atomic mass is 35.5. The van der Waals surface area contributed by atoms with Crippen molar-refractivity contribution in [3.8, 4) is 0 Å². The van der Waals surface area contributed by atoms with E-state index < -0.39 is 5.24 Å². The fraction of sp³-hybridized carbons (Fsp3) is 0.944. The lowest BCUT2D eigenvalue weighted by molar-refractivity contribution is -0.130.